The number of hydrogen-bond donors (Lipinski definition) is 0. The van der Waals surface area contributed by atoms with Crippen LogP contribution in [-0.2, 0) is 16.0 Å². The van der Waals surface area contributed by atoms with Crippen molar-refractivity contribution in [3.63, 3.8) is 0 Å². The monoisotopic (exact) mass is 315 g/mol. The third-order valence-corrected chi connectivity index (χ3v) is 3.82. The number of benzene rings is 1. The zero-order valence-corrected chi connectivity index (χ0v) is 12.5. The highest BCUT2D eigenvalue weighted by Crippen LogP contribution is 2.32. The van der Waals surface area contributed by atoms with E-state index in [0.29, 0.717) is 22.3 Å². The van der Waals surface area contributed by atoms with E-state index in [1.54, 1.807) is 19.1 Å². The first-order valence-corrected chi connectivity index (χ1v) is 7.29. The molecule has 6 heteroatoms. The summed E-state index contributed by atoms with van der Waals surface area (Å²) in [5, 5.41) is 3.72. The summed E-state index contributed by atoms with van der Waals surface area (Å²) in [6.45, 7) is 2.15. The average molecular weight is 316 g/mol. The van der Waals surface area contributed by atoms with Crippen molar-refractivity contribution < 1.29 is 9.53 Å². The van der Waals surface area contributed by atoms with Gasteiger partial charge in [0.05, 0.1) is 23.7 Å². The predicted octanol–water partition coefficient (Wildman–Crippen LogP) is 4.22. The molecular weight excluding hydrogens is 305 g/mol. The first-order chi connectivity index (χ1) is 9.10. The lowest BCUT2D eigenvalue weighted by molar-refractivity contribution is -0.142. The maximum Gasteiger partial charge on any atom is 0.311 e. The molecule has 3 nitrogen and oxygen atoms in total. The highest BCUT2D eigenvalue weighted by atomic mass is 35.5. The third-order valence-electron chi connectivity index (χ3n) is 2.34. The van der Waals surface area contributed by atoms with E-state index in [2.05, 4.69) is 4.98 Å². The Morgan fingerprint density at radius 1 is 1.42 bits per heavy atom. The molecule has 1 heterocycles. The molecule has 0 bridgehead atoms. The summed E-state index contributed by atoms with van der Waals surface area (Å²) in [4.78, 5) is 15.8. The molecule has 100 valence electrons. The number of carbonyl (C=O) groups is 1. The molecule has 0 aliphatic rings. The molecule has 0 aliphatic heterocycles. The molecule has 1 aromatic carbocycles. The number of rotatable bonds is 4. The summed E-state index contributed by atoms with van der Waals surface area (Å²) >= 11 is 13.4. The number of esters is 1. The smallest absolute Gasteiger partial charge is 0.311 e. The van der Waals surface area contributed by atoms with Gasteiger partial charge in [-0.2, -0.15) is 0 Å². The van der Waals surface area contributed by atoms with Crippen molar-refractivity contribution in [2.75, 3.05) is 6.61 Å². The largest absolute Gasteiger partial charge is 0.466 e. The molecule has 2 aromatic rings. The molecule has 0 spiro atoms. The van der Waals surface area contributed by atoms with E-state index in [0.717, 1.165) is 10.6 Å². The van der Waals surface area contributed by atoms with Crippen LogP contribution >= 0.6 is 34.5 Å². The molecule has 0 radical (unpaired) electrons. The third kappa shape index (κ3) is 3.69. The van der Waals surface area contributed by atoms with Crippen LogP contribution in [0.5, 0.6) is 0 Å². The highest BCUT2D eigenvalue weighted by Gasteiger charge is 2.11. The molecule has 0 unspecified atom stereocenters. The normalized spacial score (nSPS) is 10.5. The maximum absolute atomic E-state index is 11.4. The van der Waals surface area contributed by atoms with Gasteiger partial charge in [-0.1, -0.05) is 23.2 Å². The second-order valence-corrected chi connectivity index (χ2v) is 5.45. The molecule has 0 atom stereocenters. The summed E-state index contributed by atoms with van der Waals surface area (Å²) in [5.41, 5.74) is 1.50. The number of thiazole rings is 1. The maximum atomic E-state index is 11.4. The van der Waals surface area contributed by atoms with Crippen LogP contribution in [0, 0.1) is 0 Å². The van der Waals surface area contributed by atoms with E-state index in [4.69, 9.17) is 27.9 Å². The lowest BCUT2D eigenvalue weighted by Gasteiger charge is -2.01. The van der Waals surface area contributed by atoms with Gasteiger partial charge in [-0.15, -0.1) is 11.3 Å². The molecule has 0 N–H and O–H groups in total. The number of aromatic nitrogens is 1. The lowest BCUT2D eigenvalue weighted by Crippen LogP contribution is -2.07. The van der Waals surface area contributed by atoms with Crippen molar-refractivity contribution in [3.05, 3.63) is 39.3 Å². The minimum absolute atomic E-state index is 0.176. The van der Waals surface area contributed by atoms with Crippen LogP contribution in [0.25, 0.3) is 10.6 Å². The molecular formula is C13H11Cl2NO2S. The Balaban J connectivity index is 2.18. The molecule has 0 saturated heterocycles. The second kappa shape index (κ2) is 6.37. The minimum atomic E-state index is -0.276. The standard InChI is InChI=1S/C13H11Cl2NO2S/c1-2-18-12(17)6-9-7-19-13(16-9)10-4-3-8(14)5-11(10)15/h3-5,7H,2,6H2,1H3. The van der Waals surface area contributed by atoms with E-state index >= 15 is 0 Å². The summed E-state index contributed by atoms with van der Waals surface area (Å²) in [6.07, 6.45) is 0.176. The quantitative estimate of drug-likeness (QED) is 0.793. The van der Waals surface area contributed by atoms with Crippen LogP contribution in [-0.4, -0.2) is 17.6 Å². The Kier molecular flexibility index (Phi) is 4.80. The number of nitrogens with zero attached hydrogens (tertiary/aromatic N) is 1. The van der Waals surface area contributed by atoms with Gasteiger partial charge in [-0.25, -0.2) is 4.98 Å². The fourth-order valence-electron chi connectivity index (χ4n) is 1.53. The number of ether oxygens (including phenoxy) is 1. The van der Waals surface area contributed by atoms with Gasteiger partial charge in [-0.3, -0.25) is 4.79 Å². The summed E-state index contributed by atoms with van der Waals surface area (Å²) < 4.78 is 4.88. The summed E-state index contributed by atoms with van der Waals surface area (Å²) in [6, 6.07) is 5.25. The van der Waals surface area contributed by atoms with Crippen LogP contribution in [0.3, 0.4) is 0 Å². The van der Waals surface area contributed by atoms with Crippen molar-refractivity contribution >= 4 is 40.5 Å². The predicted molar refractivity (Wildman–Crippen MR) is 77.9 cm³/mol. The molecule has 0 aliphatic carbocycles. The van der Waals surface area contributed by atoms with Crippen molar-refractivity contribution in [3.8, 4) is 10.6 Å². The van der Waals surface area contributed by atoms with E-state index < -0.39 is 0 Å². The van der Waals surface area contributed by atoms with E-state index in [1.807, 2.05) is 11.4 Å². The molecule has 0 amide bonds. The molecule has 19 heavy (non-hydrogen) atoms. The molecule has 0 fully saturated rings. The van der Waals surface area contributed by atoms with Gasteiger partial charge in [-0.05, 0) is 25.1 Å². The fourth-order valence-corrected chi connectivity index (χ4v) is 2.95. The van der Waals surface area contributed by atoms with Crippen LogP contribution < -0.4 is 0 Å². The molecule has 0 saturated carbocycles. The molecule has 1 aromatic heterocycles. The Labute approximate surface area is 125 Å². The highest BCUT2D eigenvalue weighted by molar-refractivity contribution is 7.13. The van der Waals surface area contributed by atoms with E-state index in [1.165, 1.54) is 11.3 Å². The van der Waals surface area contributed by atoms with Crippen molar-refractivity contribution in [1.29, 1.82) is 0 Å². The van der Waals surface area contributed by atoms with Gasteiger partial charge >= 0.3 is 5.97 Å². The van der Waals surface area contributed by atoms with Crippen LogP contribution in [0.2, 0.25) is 10.0 Å². The van der Waals surface area contributed by atoms with Crippen molar-refractivity contribution in [1.82, 2.24) is 4.98 Å². The summed E-state index contributed by atoms with van der Waals surface area (Å²) in [7, 11) is 0. The van der Waals surface area contributed by atoms with Crippen LogP contribution in [0.15, 0.2) is 23.6 Å². The van der Waals surface area contributed by atoms with Crippen LogP contribution in [0.1, 0.15) is 12.6 Å². The Morgan fingerprint density at radius 3 is 2.89 bits per heavy atom. The SMILES string of the molecule is CCOC(=O)Cc1csc(-c2ccc(Cl)cc2Cl)n1. The van der Waals surface area contributed by atoms with Crippen molar-refractivity contribution in [2.45, 2.75) is 13.3 Å². The number of carbonyl (C=O) groups excluding carboxylic acids is 1. The average Bonchev–Trinajstić information content (AvgIpc) is 2.77. The summed E-state index contributed by atoms with van der Waals surface area (Å²) in [5.74, 6) is -0.276. The Hall–Kier alpha value is -1.10. The molecule has 2 rings (SSSR count). The topological polar surface area (TPSA) is 39.2 Å². The minimum Gasteiger partial charge on any atom is -0.466 e. The fraction of sp³-hybridized carbons (Fsp3) is 0.231. The number of halogens is 2. The van der Waals surface area contributed by atoms with Gasteiger partial charge < -0.3 is 4.74 Å². The first-order valence-electron chi connectivity index (χ1n) is 5.65. The van der Waals surface area contributed by atoms with Crippen molar-refractivity contribution in [2.24, 2.45) is 0 Å². The van der Waals surface area contributed by atoms with Crippen LogP contribution in [0.4, 0.5) is 0 Å². The zero-order valence-electron chi connectivity index (χ0n) is 10.2. The zero-order chi connectivity index (χ0) is 13.8. The van der Waals surface area contributed by atoms with Gasteiger partial charge in [0, 0.05) is 16.0 Å². The van der Waals surface area contributed by atoms with E-state index in [-0.39, 0.29) is 12.4 Å². The first kappa shape index (κ1) is 14.3. The van der Waals surface area contributed by atoms with Gasteiger partial charge in [0.2, 0.25) is 0 Å². The Morgan fingerprint density at radius 2 is 2.21 bits per heavy atom. The van der Waals surface area contributed by atoms with Gasteiger partial charge in [0.1, 0.15) is 5.01 Å². The number of hydrogen-bond acceptors (Lipinski definition) is 4. The second-order valence-electron chi connectivity index (χ2n) is 3.75. The van der Waals surface area contributed by atoms with Gasteiger partial charge in [0.15, 0.2) is 0 Å². The van der Waals surface area contributed by atoms with E-state index in [9.17, 15) is 4.79 Å². The van der Waals surface area contributed by atoms with Gasteiger partial charge in [0.25, 0.3) is 0 Å². The Bertz CT molecular complexity index is 598. The lowest BCUT2D eigenvalue weighted by atomic mass is 10.2.